The number of nitrogens with zero attached hydrogens (tertiary/aromatic N) is 3. The van der Waals surface area contributed by atoms with E-state index in [0.29, 0.717) is 6.42 Å². The lowest BCUT2D eigenvalue weighted by Gasteiger charge is -2.36. The van der Waals surface area contributed by atoms with Gasteiger partial charge in [0.2, 0.25) is 0 Å². The van der Waals surface area contributed by atoms with E-state index in [0.717, 1.165) is 89.8 Å². The summed E-state index contributed by atoms with van der Waals surface area (Å²) in [7, 11) is 1.38. The summed E-state index contributed by atoms with van der Waals surface area (Å²) in [6, 6.07) is 12.6. The SMILES string of the molecule is CCCCC(C(=O)OC)n1c(=O)cc(C)c2ccc(CCN3CCN(c4cc(F)cc5sccc45)CC3)cc21. The van der Waals surface area contributed by atoms with E-state index >= 15 is 0 Å². The number of rotatable bonds is 9. The number of aromatic nitrogens is 1. The van der Waals surface area contributed by atoms with Crippen molar-refractivity contribution in [2.75, 3.05) is 44.7 Å². The summed E-state index contributed by atoms with van der Waals surface area (Å²) in [5.74, 6) is -0.562. The summed E-state index contributed by atoms with van der Waals surface area (Å²) in [6.07, 6.45) is 3.17. The number of esters is 1. The average Bonchev–Trinajstić information content (AvgIpc) is 3.41. The highest BCUT2D eigenvalue weighted by atomic mass is 32.1. The van der Waals surface area contributed by atoms with Crippen molar-refractivity contribution in [3.05, 3.63) is 75.1 Å². The smallest absolute Gasteiger partial charge is 0.328 e. The maximum absolute atomic E-state index is 14.2. The highest BCUT2D eigenvalue weighted by Crippen LogP contribution is 2.32. The minimum Gasteiger partial charge on any atom is -0.467 e. The van der Waals surface area contributed by atoms with Crippen LogP contribution in [0.5, 0.6) is 0 Å². The van der Waals surface area contributed by atoms with E-state index in [1.54, 1.807) is 34.1 Å². The number of unbranched alkanes of at least 4 members (excludes halogenated alkanes) is 1. The molecule has 0 N–H and O–H groups in total. The van der Waals surface area contributed by atoms with E-state index in [-0.39, 0.29) is 17.3 Å². The first-order valence-corrected chi connectivity index (χ1v) is 14.6. The number of ether oxygens (including phenoxy) is 1. The summed E-state index contributed by atoms with van der Waals surface area (Å²) in [4.78, 5) is 30.6. The van der Waals surface area contributed by atoms with Gasteiger partial charge in [0.15, 0.2) is 0 Å². The standard InChI is InChI=1S/C31H36FN3O3S/c1-4-5-6-26(31(37)38-3)35-28-18-22(7-8-24(28)21(2)17-30(35)36)9-11-33-12-14-34(15-13-33)27-19-23(32)20-29-25(27)10-16-39-29/h7-8,10,16-20,26H,4-6,9,11-15H2,1-3H3. The fourth-order valence-electron chi connectivity index (χ4n) is 5.70. The Morgan fingerprint density at radius 2 is 1.87 bits per heavy atom. The first kappa shape index (κ1) is 27.3. The molecule has 39 heavy (non-hydrogen) atoms. The Balaban J connectivity index is 1.32. The number of methoxy groups -OCH3 is 1. The van der Waals surface area contributed by atoms with Gasteiger partial charge in [-0.05, 0) is 60.5 Å². The van der Waals surface area contributed by atoms with E-state index < -0.39 is 6.04 Å². The number of hydrogen-bond donors (Lipinski definition) is 0. The molecule has 2 aromatic heterocycles. The Labute approximate surface area is 232 Å². The first-order chi connectivity index (χ1) is 18.9. The molecule has 4 aromatic rings. The molecular formula is C31H36FN3O3S. The molecular weight excluding hydrogens is 513 g/mol. The number of carbonyl (C=O) groups is 1. The Morgan fingerprint density at radius 3 is 2.62 bits per heavy atom. The van der Waals surface area contributed by atoms with Crippen molar-refractivity contribution >= 4 is 44.0 Å². The molecule has 1 aliphatic rings. The first-order valence-electron chi connectivity index (χ1n) is 13.8. The van der Waals surface area contributed by atoms with Gasteiger partial charge < -0.3 is 9.64 Å². The number of halogens is 1. The zero-order valence-electron chi connectivity index (χ0n) is 22.9. The number of piperazine rings is 1. The van der Waals surface area contributed by atoms with Crippen LogP contribution in [0.4, 0.5) is 10.1 Å². The van der Waals surface area contributed by atoms with Gasteiger partial charge in [-0.3, -0.25) is 14.3 Å². The van der Waals surface area contributed by atoms with Crippen LogP contribution in [0.25, 0.3) is 21.0 Å². The molecule has 1 fully saturated rings. The van der Waals surface area contributed by atoms with Crippen molar-refractivity contribution in [2.24, 2.45) is 0 Å². The van der Waals surface area contributed by atoms with Crippen LogP contribution in [-0.2, 0) is 16.0 Å². The molecule has 206 valence electrons. The van der Waals surface area contributed by atoms with Gasteiger partial charge in [-0.1, -0.05) is 31.9 Å². The third kappa shape index (κ3) is 5.72. The Hall–Kier alpha value is -3.23. The molecule has 1 atom stereocenters. The van der Waals surface area contributed by atoms with Crippen molar-refractivity contribution in [3.8, 4) is 0 Å². The van der Waals surface area contributed by atoms with Gasteiger partial charge in [0.25, 0.3) is 5.56 Å². The van der Waals surface area contributed by atoms with Crippen LogP contribution >= 0.6 is 11.3 Å². The quantitative estimate of drug-likeness (QED) is 0.242. The fourth-order valence-corrected chi connectivity index (χ4v) is 6.54. The maximum Gasteiger partial charge on any atom is 0.328 e. The molecule has 0 saturated carbocycles. The van der Waals surface area contributed by atoms with E-state index in [9.17, 15) is 14.0 Å². The maximum atomic E-state index is 14.2. The van der Waals surface area contributed by atoms with Crippen molar-refractivity contribution < 1.29 is 13.9 Å². The van der Waals surface area contributed by atoms with Gasteiger partial charge in [0.05, 0.1) is 12.6 Å². The number of carbonyl (C=O) groups excluding carboxylic acids is 1. The van der Waals surface area contributed by atoms with Gasteiger partial charge in [0, 0.05) is 59.9 Å². The van der Waals surface area contributed by atoms with Crippen molar-refractivity contribution in [3.63, 3.8) is 0 Å². The zero-order valence-corrected chi connectivity index (χ0v) is 23.7. The second kappa shape index (κ2) is 11.9. The zero-order chi connectivity index (χ0) is 27.5. The summed E-state index contributed by atoms with van der Waals surface area (Å²) < 4.78 is 21.9. The molecule has 0 bridgehead atoms. The van der Waals surface area contributed by atoms with Crippen molar-refractivity contribution in [2.45, 2.75) is 45.6 Å². The summed E-state index contributed by atoms with van der Waals surface area (Å²) in [5.41, 5.74) is 3.64. The van der Waals surface area contributed by atoms with E-state index in [1.165, 1.54) is 7.11 Å². The van der Waals surface area contributed by atoms with Crippen LogP contribution in [0.2, 0.25) is 0 Å². The molecule has 0 spiro atoms. The average molecular weight is 550 g/mol. The minimum absolute atomic E-state index is 0.170. The topological polar surface area (TPSA) is 54.8 Å². The van der Waals surface area contributed by atoms with E-state index in [1.807, 2.05) is 12.3 Å². The number of benzene rings is 2. The van der Waals surface area contributed by atoms with Crippen LogP contribution in [0.3, 0.4) is 0 Å². The molecule has 0 radical (unpaired) electrons. The number of fused-ring (bicyclic) bond motifs is 2. The Kier molecular flexibility index (Phi) is 8.33. The number of pyridine rings is 1. The lowest BCUT2D eigenvalue weighted by molar-refractivity contribution is -0.144. The molecule has 1 saturated heterocycles. The molecule has 3 heterocycles. The van der Waals surface area contributed by atoms with Crippen molar-refractivity contribution in [1.29, 1.82) is 0 Å². The summed E-state index contributed by atoms with van der Waals surface area (Å²) in [5, 5.41) is 4.12. The Bertz CT molecular complexity index is 1540. The van der Waals surface area contributed by atoms with E-state index in [2.05, 4.69) is 41.0 Å². The van der Waals surface area contributed by atoms with Gasteiger partial charge in [0.1, 0.15) is 11.9 Å². The molecule has 1 unspecified atom stereocenters. The van der Waals surface area contributed by atoms with Crippen molar-refractivity contribution in [1.82, 2.24) is 9.47 Å². The minimum atomic E-state index is -0.633. The van der Waals surface area contributed by atoms with E-state index in [4.69, 9.17) is 4.74 Å². The summed E-state index contributed by atoms with van der Waals surface area (Å²) in [6.45, 7) is 8.41. The number of hydrogen-bond acceptors (Lipinski definition) is 6. The monoisotopic (exact) mass is 549 g/mol. The third-order valence-corrected chi connectivity index (χ3v) is 8.75. The number of thiophene rings is 1. The predicted octanol–water partition coefficient (Wildman–Crippen LogP) is 5.93. The molecule has 2 aromatic carbocycles. The summed E-state index contributed by atoms with van der Waals surface area (Å²) >= 11 is 1.57. The number of aryl methyl sites for hydroxylation is 1. The number of anilines is 1. The molecule has 6 nitrogen and oxygen atoms in total. The molecule has 0 aliphatic carbocycles. The van der Waals surface area contributed by atoms with Crippen LogP contribution in [0.15, 0.2) is 52.6 Å². The highest BCUT2D eigenvalue weighted by Gasteiger charge is 2.25. The van der Waals surface area contributed by atoms with Gasteiger partial charge >= 0.3 is 5.97 Å². The van der Waals surface area contributed by atoms with Gasteiger partial charge in [-0.15, -0.1) is 11.3 Å². The van der Waals surface area contributed by atoms with Crippen LogP contribution in [-0.4, -0.2) is 55.3 Å². The van der Waals surface area contributed by atoms with Crippen LogP contribution in [0, 0.1) is 12.7 Å². The molecule has 8 heteroatoms. The highest BCUT2D eigenvalue weighted by molar-refractivity contribution is 7.17. The lowest BCUT2D eigenvalue weighted by atomic mass is 10.0. The molecule has 1 aliphatic heterocycles. The largest absolute Gasteiger partial charge is 0.467 e. The van der Waals surface area contributed by atoms with Gasteiger partial charge in [-0.25, -0.2) is 9.18 Å². The molecule has 0 amide bonds. The fraction of sp³-hybridized carbons (Fsp3) is 0.419. The lowest BCUT2D eigenvalue weighted by Crippen LogP contribution is -2.47. The molecule has 5 rings (SSSR count). The second-order valence-electron chi connectivity index (χ2n) is 10.4. The second-order valence-corrected chi connectivity index (χ2v) is 11.4. The van der Waals surface area contributed by atoms with Crippen LogP contribution in [0.1, 0.15) is 43.4 Å². The van der Waals surface area contributed by atoms with Gasteiger partial charge in [-0.2, -0.15) is 0 Å². The normalized spacial score (nSPS) is 15.2. The third-order valence-electron chi connectivity index (χ3n) is 7.88. The van der Waals surface area contributed by atoms with Crippen LogP contribution < -0.4 is 10.5 Å². The predicted molar refractivity (Wildman–Crippen MR) is 158 cm³/mol. The Morgan fingerprint density at radius 1 is 1.08 bits per heavy atom.